The highest BCUT2D eigenvalue weighted by Crippen LogP contribution is 2.41. The maximum atomic E-state index is 13.7. The van der Waals surface area contributed by atoms with E-state index in [-0.39, 0.29) is 17.4 Å². The molecule has 0 amide bonds. The third-order valence-corrected chi connectivity index (χ3v) is 6.56. The molecule has 0 N–H and O–H groups in total. The lowest BCUT2D eigenvalue weighted by atomic mass is 10.0. The van der Waals surface area contributed by atoms with Crippen molar-refractivity contribution in [3.8, 4) is 11.5 Å². The molecule has 1 aliphatic rings. The molecule has 1 aliphatic carbocycles. The number of benzene rings is 1. The third kappa shape index (κ3) is 3.15. The second-order valence-electron chi connectivity index (χ2n) is 8.25. The van der Waals surface area contributed by atoms with Gasteiger partial charge in [-0.15, -0.1) is 0 Å². The number of imidazole rings is 1. The van der Waals surface area contributed by atoms with Gasteiger partial charge in [0.25, 0.3) is 11.4 Å². The van der Waals surface area contributed by atoms with Crippen molar-refractivity contribution in [3.63, 3.8) is 0 Å². The molecule has 1 saturated carbocycles. The van der Waals surface area contributed by atoms with Crippen LogP contribution in [0.1, 0.15) is 44.5 Å². The van der Waals surface area contributed by atoms with E-state index < -0.39 is 5.60 Å². The van der Waals surface area contributed by atoms with E-state index in [4.69, 9.17) is 25.6 Å². The first kappa shape index (κ1) is 21.1. The molecule has 9 nitrogen and oxygen atoms in total. The summed E-state index contributed by atoms with van der Waals surface area (Å²) in [7, 11) is 3.27. The lowest BCUT2D eigenvalue weighted by Crippen LogP contribution is -2.28. The van der Waals surface area contributed by atoms with Gasteiger partial charge in [-0.25, -0.2) is 4.98 Å². The van der Waals surface area contributed by atoms with Gasteiger partial charge < -0.3 is 14.0 Å². The van der Waals surface area contributed by atoms with E-state index in [1.165, 1.54) is 0 Å². The van der Waals surface area contributed by atoms with Crippen LogP contribution in [-0.2, 0) is 15.1 Å². The van der Waals surface area contributed by atoms with Gasteiger partial charge in [-0.3, -0.25) is 13.8 Å². The Balaban J connectivity index is 1.74. The number of rotatable bonds is 6. The molecule has 1 atom stereocenters. The van der Waals surface area contributed by atoms with Gasteiger partial charge in [0.05, 0.1) is 23.7 Å². The van der Waals surface area contributed by atoms with Crippen LogP contribution in [0.5, 0.6) is 0 Å². The Hall–Kier alpha value is -2.75. The first-order chi connectivity index (χ1) is 15.5. The maximum Gasteiger partial charge on any atom is 0.278 e. The molecule has 5 rings (SSSR count). The summed E-state index contributed by atoms with van der Waals surface area (Å²) < 4.78 is 20.1. The van der Waals surface area contributed by atoms with E-state index >= 15 is 0 Å². The van der Waals surface area contributed by atoms with Gasteiger partial charge in [-0.05, 0) is 50.8 Å². The molecule has 1 aromatic carbocycles. The van der Waals surface area contributed by atoms with E-state index in [1.54, 1.807) is 41.6 Å². The molecule has 0 aliphatic heterocycles. The quantitative estimate of drug-likeness (QED) is 0.432. The molecule has 4 aromatic rings. The highest BCUT2D eigenvalue weighted by molar-refractivity contribution is 6.31. The molecule has 3 heterocycles. The number of hydrogen-bond acceptors (Lipinski definition) is 7. The standard InChI is InChI=1S/C22H24ClN5O4/c1-13(11-30-2)28-16-10-14(23)6-7-15(16)27-12-24-17(18(27)20(28)29)19-25-21(32-26-19)22(31-3)8-4-5-9-22/h6-7,10,12-13H,4-5,8-9,11H2,1-3H3. The van der Waals surface area contributed by atoms with E-state index in [1.807, 2.05) is 13.0 Å². The van der Waals surface area contributed by atoms with Crippen LogP contribution in [0, 0.1) is 0 Å². The first-order valence-corrected chi connectivity index (χ1v) is 11.0. The zero-order chi connectivity index (χ0) is 22.5. The van der Waals surface area contributed by atoms with Gasteiger partial charge in [0.2, 0.25) is 5.82 Å². The number of aromatic nitrogens is 5. The summed E-state index contributed by atoms with van der Waals surface area (Å²) in [5.74, 6) is 0.691. The van der Waals surface area contributed by atoms with E-state index in [9.17, 15) is 4.79 Å². The highest BCUT2D eigenvalue weighted by atomic mass is 35.5. The highest BCUT2D eigenvalue weighted by Gasteiger charge is 2.41. The Morgan fingerprint density at radius 3 is 2.75 bits per heavy atom. The lowest BCUT2D eigenvalue weighted by molar-refractivity contribution is -0.0342. The third-order valence-electron chi connectivity index (χ3n) is 6.32. The molecule has 32 heavy (non-hydrogen) atoms. The molecular formula is C22H24ClN5O4. The summed E-state index contributed by atoms with van der Waals surface area (Å²) in [6.45, 7) is 2.29. The van der Waals surface area contributed by atoms with Crippen molar-refractivity contribution in [2.24, 2.45) is 0 Å². The van der Waals surface area contributed by atoms with Gasteiger partial charge in [0, 0.05) is 19.2 Å². The minimum absolute atomic E-state index is 0.225. The largest absolute Gasteiger partial charge is 0.383 e. The van der Waals surface area contributed by atoms with Gasteiger partial charge in [-0.1, -0.05) is 16.8 Å². The molecule has 1 unspecified atom stereocenters. The van der Waals surface area contributed by atoms with Crippen molar-refractivity contribution >= 4 is 28.2 Å². The monoisotopic (exact) mass is 457 g/mol. The van der Waals surface area contributed by atoms with Gasteiger partial charge >= 0.3 is 0 Å². The maximum absolute atomic E-state index is 13.7. The van der Waals surface area contributed by atoms with Gasteiger partial charge in [0.1, 0.15) is 23.1 Å². The Bertz CT molecular complexity index is 1350. The van der Waals surface area contributed by atoms with Crippen molar-refractivity contribution in [1.82, 2.24) is 24.1 Å². The van der Waals surface area contributed by atoms with E-state index in [0.717, 1.165) is 31.2 Å². The predicted molar refractivity (Wildman–Crippen MR) is 119 cm³/mol. The summed E-state index contributed by atoms with van der Waals surface area (Å²) in [6, 6.07) is 5.20. The smallest absolute Gasteiger partial charge is 0.278 e. The summed E-state index contributed by atoms with van der Waals surface area (Å²) in [5.41, 5.74) is 1.42. The van der Waals surface area contributed by atoms with Crippen LogP contribution in [-0.4, -0.2) is 44.9 Å². The second kappa shape index (κ2) is 7.99. The molecule has 3 aromatic heterocycles. The number of hydrogen-bond donors (Lipinski definition) is 0. The normalized spacial score (nSPS) is 16.9. The van der Waals surface area contributed by atoms with Crippen LogP contribution in [0.15, 0.2) is 33.8 Å². The summed E-state index contributed by atoms with van der Waals surface area (Å²) in [5, 5.41) is 4.70. The first-order valence-electron chi connectivity index (χ1n) is 10.6. The molecule has 0 radical (unpaired) electrons. The predicted octanol–water partition coefficient (Wildman–Crippen LogP) is 3.98. The number of fused-ring (bicyclic) bond motifs is 3. The van der Waals surface area contributed by atoms with Crippen molar-refractivity contribution in [3.05, 3.63) is 45.8 Å². The zero-order valence-electron chi connectivity index (χ0n) is 18.2. The molecule has 168 valence electrons. The van der Waals surface area contributed by atoms with Crippen molar-refractivity contribution in [1.29, 1.82) is 0 Å². The number of ether oxygens (including phenoxy) is 2. The van der Waals surface area contributed by atoms with Crippen LogP contribution in [0.4, 0.5) is 0 Å². The van der Waals surface area contributed by atoms with Gasteiger partial charge in [-0.2, -0.15) is 4.98 Å². The molecule has 0 spiro atoms. The SMILES string of the molecule is COCC(C)n1c(=O)c2c(-c3noc(C4(OC)CCCC4)n3)ncn2c2ccc(Cl)cc21. The Labute approximate surface area is 188 Å². The minimum Gasteiger partial charge on any atom is -0.383 e. The Kier molecular flexibility index (Phi) is 5.27. The molecule has 10 heteroatoms. The van der Waals surface area contributed by atoms with Crippen molar-refractivity contribution < 1.29 is 14.0 Å². The average Bonchev–Trinajstić information content (AvgIpc) is 3.52. The Morgan fingerprint density at radius 1 is 1.25 bits per heavy atom. The van der Waals surface area contributed by atoms with Crippen LogP contribution < -0.4 is 5.56 Å². The van der Waals surface area contributed by atoms with Crippen LogP contribution in [0.25, 0.3) is 28.1 Å². The average molecular weight is 458 g/mol. The molecule has 1 fully saturated rings. The minimum atomic E-state index is -0.572. The fourth-order valence-electron chi connectivity index (χ4n) is 4.73. The van der Waals surface area contributed by atoms with Crippen LogP contribution in [0.2, 0.25) is 5.02 Å². The summed E-state index contributed by atoms with van der Waals surface area (Å²) >= 11 is 6.25. The second-order valence-corrected chi connectivity index (χ2v) is 8.69. The summed E-state index contributed by atoms with van der Waals surface area (Å²) in [4.78, 5) is 22.8. The van der Waals surface area contributed by atoms with Crippen molar-refractivity contribution in [2.75, 3.05) is 20.8 Å². The van der Waals surface area contributed by atoms with E-state index in [2.05, 4.69) is 15.1 Å². The molecule has 0 saturated heterocycles. The fourth-order valence-corrected chi connectivity index (χ4v) is 4.89. The molecule has 0 bridgehead atoms. The number of nitrogens with zero attached hydrogens (tertiary/aromatic N) is 5. The number of methoxy groups -OCH3 is 2. The zero-order valence-corrected chi connectivity index (χ0v) is 18.9. The molecular weight excluding hydrogens is 434 g/mol. The van der Waals surface area contributed by atoms with Crippen LogP contribution >= 0.6 is 11.6 Å². The van der Waals surface area contributed by atoms with Crippen molar-refractivity contribution in [2.45, 2.75) is 44.2 Å². The van der Waals surface area contributed by atoms with Crippen LogP contribution in [0.3, 0.4) is 0 Å². The fraction of sp³-hybridized carbons (Fsp3) is 0.455. The lowest BCUT2D eigenvalue weighted by Gasteiger charge is -2.22. The summed E-state index contributed by atoms with van der Waals surface area (Å²) in [6.07, 6.45) is 5.32. The number of halogens is 1. The van der Waals surface area contributed by atoms with E-state index in [0.29, 0.717) is 34.2 Å². The Morgan fingerprint density at radius 2 is 2.03 bits per heavy atom. The topological polar surface area (TPSA) is 96.7 Å². The van der Waals surface area contributed by atoms with Gasteiger partial charge in [0.15, 0.2) is 0 Å².